The first-order chi connectivity index (χ1) is 13.7. The lowest BCUT2D eigenvalue weighted by Crippen LogP contribution is -2.42. The van der Waals surface area contributed by atoms with Crippen LogP contribution in [-0.2, 0) is 11.0 Å². The van der Waals surface area contributed by atoms with E-state index in [1.54, 1.807) is 12.4 Å². The van der Waals surface area contributed by atoms with E-state index in [1.165, 1.54) is 0 Å². The Kier molecular flexibility index (Phi) is 6.59. The first kappa shape index (κ1) is 21.3. The van der Waals surface area contributed by atoms with Crippen LogP contribution >= 0.6 is 11.6 Å². The fourth-order valence-electron chi connectivity index (χ4n) is 3.04. The van der Waals surface area contributed by atoms with Crippen LogP contribution in [0.5, 0.6) is 5.88 Å². The van der Waals surface area contributed by atoms with Gasteiger partial charge in [0.05, 0.1) is 34.7 Å². The van der Waals surface area contributed by atoms with Gasteiger partial charge in [-0.25, -0.2) is 4.98 Å². The van der Waals surface area contributed by atoms with Crippen molar-refractivity contribution in [3.63, 3.8) is 0 Å². The molecule has 1 aliphatic rings. The average Bonchev–Trinajstić information content (AvgIpc) is 2.64. The SMILES string of the molecule is Cc1cncc(OC2CCN(CC(=O)Nc3cc(C(F)(F)F)ccc3Cl)CC2)n1. The van der Waals surface area contributed by atoms with Gasteiger partial charge in [-0.2, -0.15) is 13.2 Å². The minimum Gasteiger partial charge on any atom is -0.473 e. The summed E-state index contributed by atoms with van der Waals surface area (Å²) in [4.78, 5) is 22.5. The highest BCUT2D eigenvalue weighted by molar-refractivity contribution is 6.33. The molecule has 1 aromatic heterocycles. The van der Waals surface area contributed by atoms with Gasteiger partial charge >= 0.3 is 6.18 Å². The molecule has 0 saturated carbocycles. The smallest absolute Gasteiger partial charge is 0.416 e. The molecule has 1 aromatic carbocycles. The molecule has 2 heterocycles. The minimum absolute atomic E-state index is 0.0247. The Morgan fingerprint density at radius 2 is 2.03 bits per heavy atom. The number of hydrogen-bond acceptors (Lipinski definition) is 5. The van der Waals surface area contributed by atoms with Crippen LogP contribution in [-0.4, -0.2) is 46.5 Å². The summed E-state index contributed by atoms with van der Waals surface area (Å²) in [6.07, 6.45) is 0.0769. The Labute approximate surface area is 171 Å². The number of carbonyl (C=O) groups is 1. The van der Waals surface area contributed by atoms with Crippen molar-refractivity contribution in [2.75, 3.05) is 25.0 Å². The van der Waals surface area contributed by atoms with Gasteiger partial charge in [-0.15, -0.1) is 0 Å². The van der Waals surface area contributed by atoms with Crippen LogP contribution in [0, 0.1) is 6.92 Å². The van der Waals surface area contributed by atoms with Gasteiger partial charge in [-0.1, -0.05) is 11.6 Å². The van der Waals surface area contributed by atoms with Gasteiger partial charge in [0.15, 0.2) is 0 Å². The van der Waals surface area contributed by atoms with Gasteiger partial charge < -0.3 is 10.1 Å². The molecule has 0 bridgehead atoms. The lowest BCUT2D eigenvalue weighted by Gasteiger charge is -2.31. The Balaban J connectivity index is 1.50. The zero-order valence-electron chi connectivity index (χ0n) is 15.7. The van der Waals surface area contributed by atoms with Crippen LogP contribution in [0.1, 0.15) is 24.1 Å². The molecule has 3 rings (SSSR count). The number of alkyl halides is 3. The van der Waals surface area contributed by atoms with Crippen LogP contribution in [0.25, 0.3) is 0 Å². The number of halogens is 4. The molecule has 0 unspecified atom stereocenters. The van der Waals surface area contributed by atoms with Gasteiger partial charge in [-0.3, -0.25) is 14.7 Å². The number of carbonyl (C=O) groups excluding carboxylic acids is 1. The van der Waals surface area contributed by atoms with Crippen molar-refractivity contribution in [3.8, 4) is 5.88 Å². The van der Waals surface area contributed by atoms with Gasteiger partial charge in [0.25, 0.3) is 0 Å². The number of anilines is 1. The van der Waals surface area contributed by atoms with E-state index in [4.69, 9.17) is 16.3 Å². The largest absolute Gasteiger partial charge is 0.473 e. The Hall–Kier alpha value is -2.39. The van der Waals surface area contributed by atoms with Crippen molar-refractivity contribution in [2.24, 2.45) is 0 Å². The summed E-state index contributed by atoms with van der Waals surface area (Å²) in [5, 5.41) is 2.52. The van der Waals surface area contributed by atoms with Crippen molar-refractivity contribution >= 4 is 23.2 Å². The molecule has 0 spiro atoms. The fraction of sp³-hybridized carbons (Fsp3) is 0.421. The molecule has 2 aromatic rings. The van der Waals surface area contributed by atoms with Gasteiger partial charge in [0, 0.05) is 19.3 Å². The summed E-state index contributed by atoms with van der Waals surface area (Å²) in [7, 11) is 0. The molecule has 6 nitrogen and oxygen atoms in total. The number of nitrogens with zero attached hydrogens (tertiary/aromatic N) is 3. The molecular weight excluding hydrogens is 409 g/mol. The molecule has 1 fully saturated rings. The van der Waals surface area contributed by atoms with Gasteiger partial charge in [-0.05, 0) is 38.0 Å². The third kappa shape index (κ3) is 6.04. The molecule has 0 radical (unpaired) electrons. The minimum atomic E-state index is -4.51. The Bertz CT molecular complexity index is 871. The second-order valence-corrected chi connectivity index (χ2v) is 7.24. The van der Waals surface area contributed by atoms with E-state index in [0.29, 0.717) is 31.8 Å². The third-order valence-corrected chi connectivity index (χ3v) is 4.82. The Morgan fingerprint density at radius 3 is 2.69 bits per heavy atom. The number of piperidine rings is 1. The van der Waals surface area contributed by atoms with E-state index in [9.17, 15) is 18.0 Å². The van der Waals surface area contributed by atoms with Crippen LogP contribution in [0.15, 0.2) is 30.6 Å². The fourth-order valence-corrected chi connectivity index (χ4v) is 3.21. The van der Waals surface area contributed by atoms with E-state index in [2.05, 4.69) is 15.3 Å². The number of aryl methyl sites for hydroxylation is 1. The highest BCUT2D eigenvalue weighted by Gasteiger charge is 2.31. The summed E-state index contributed by atoms with van der Waals surface area (Å²) in [5.41, 5.74) is -0.151. The van der Waals surface area contributed by atoms with Crippen molar-refractivity contribution in [3.05, 3.63) is 46.9 Å². The monoisotopic (exact) mass is 428 g/mol. The summed E-state index contributed by atoms with van der Waals surface area (Å²) >= 11 is 5.92. The lowest BCUT2D eigenvalue weighted by atomic mass is 10.1. The summed E-state index contributed by atoms with van der Waals surface area (Å²) in [6, 6.07) is 2.83. The maximum atomic E-state index is 12.8. The number of nitrogens with one attached hydrogen (secondary N) is 1. The second-order valence-electron chi connectivity index (χ2n) is 6.83. The third-order valence-electron chi connectivity index (χ3n) is 4.49. The van der Waals surface area contributed by atoms with Crippen LogP contribution in [0.2, 0.25) is 5.02 Å². The number of benzene rings is 1. The second kappa shape index (κ2) is 8.96. The highest BCUT2D eigenvalue weighted by Crippen LogP contribution is 2.33. The number of aromatic nitrogens is 2. The summed E-state index contributed by atoms with van der Waals surface area (Å²) in [6.45, 7) is 3.13. The predicted molar refractivity (Wildman–Crippen MR) is 102 cm³/mol. The maximum Gasteiger partial charge on any atom is 0.416 e. The van der Waals surface area contributed by atoms with E-state index in [-0.39, 0.29) is 23.4 Å². The number of ether oxygens (including phenoxy) is 1. The zero-order valence-corrected chi connectivity index (χ0v) is 16.4. The molecule has 29 heavy (non-hydrogen) atoms. The van der Waals surface area contributed by atoms with Crippen LogP contribution in [0.4, 0.5) is 18.9 Å². The van der Waals surface area contributed by atoms with Crippen molar-refractivity contribution < 1.29 is 22.7 Å². The average molecular weight is 429 g/mol. The van der Waals surface area contributed by atoms with E-state index < -0.39 is 17.6 Å². The molecule has 156 valence electrons. The first-order valence-electron chi connectivity index (χ1n) is 9.05. The molecule has 0 aliphatic carbocycles. The van der Waals surface area contributed by atoms with E-state index in [0.717, 1.165) is 23.9 Å². The Morgan fingerprint density at radius 1 is 1.31 bits per heavy atom. The van der Waals surface area contributed by atoms with Crippen LogP contribution < -0.4 is 10.1 Å². The number of amides is 1. The zero-order chi connectivity index (χ0) is 21.0. The molecule has 1 saturated heterocycles. The molecule has 1 N–H and O–H groups in total. The predicted octanol–water partition coefficient (Wildman–Crippen LogP) is 3.94. The normalized spacial score (nSPS) is 15.9. The van der Waals surface area contributed by atoms with E-state index >= 15 is 0 Å². The topological polar surface area (TPSA) is 67.3 Å². The summed E-state index contributed by atoms with van der Waals surface area (Å²) in [5.74, 6) is 0.0514. The van der Waals surface area contributed by atoms with Crippen molar-refractivity contribution in [1.29, 1.82) is 0 Å². The molecule has 1 amide bonds. The van der Waals surface area contributed by atoms with Gasteiger partial charge in [0.1, 0.15) is 6.10 Å². The van der Waals surface area contributed by atoms with E-state index in [1.807, 2.05) is 11.8 Å². The maximum absolute atomic E-state index is 12.8. The lowest BCUT2D eigenvalue weighted by molar-refractivity contribution is -0.137. The summed E-state index contributed by atoms with van der Waals surface area (Å²) < 4.78 is 44.3. The molecule has 10 heteroatoms. The first-order valence-corrected chi connectivity index (χ1v) is 9.43. The molecular formula is C19H20ClF3N4O2. The number of likely N-dealkylation sites (tertiary alicyclic amines) is 1. The standard InChI is InChI=1S/C19H20ClF3N4O2/c1-12-9-24-10-18(25-12)29-14-4-6-27(7-5-14)11-17(28)26-16-8-13(19(21,22)23)2-3-15(16)20/h2-3,8-10,14H,4-7,11H2,1H3,(H,26,28). The quantitative estimate of drug-likeness (QED) is 0.781. The number of rotatable bonds is 5. The van der Waals surface area contributed by atoms with Crippen molar-refractivity contribution in [2.45, 2.75) is 32.0 Å². The van der Waals surface area contributed by atoms with Crippen LogP contribution in [0.3, 0.4) is 0 Å². The number of hydrogen-bond donors (Lipinski definition) is 1. The highest BCUT2D eigenvalue weighted by atomic mass is 35.5. The molecule has 0 atom stereocenters. The molecule has 1 aliphatic heterocycles. The van der Waals surface area contributed by atoms with Crippen molar-refractivity contribution in [1.82, 2.24) is 14.9 Å². The van der Waals surface area contributed by atoms with Gasteiger partial charge in [0.2, 0.25) is 11.8 Å².